The van der Waals surface area contributed by atoms with Gasteiger partial charge in [-0.1, -0.05) is 45.4 Å². The van der Waals surface area contributed by atoms with E-state index in [4.69, 9.17) is 9.07 Å². The first-order valence-corrected chi connectivity index (χ1v) is 7.54. The van der Waals surface area contributed by atoms with E-state index >= 15 is 0 Å². The van der Waals surface area contributed by atoms with Gasteiger partial charge in [-0.25, -0.2) is 0 Å². The summed E-state index contributed by atoms with van der Waals surface area (Å²) in [7, 11) is 5.79. The van der Waals surface area contributed by atoms with E-state index in [1.807, 2.05) is 0 Å². The minimum atomic E-state index is -0.200. The maximum Gasteiger partial charge on any atom is 0.501 e. The highest BCUT2D eigenvalue weighted by molar-refractivity contribution is 6.93. The monoisotopic (exact) mass is 172 g/mol. The Labute approximate surface area is 78.2 Å². The largest absolute Gasteiger partial charge is 0.501 e. The third-order valence-electron chi connectivity index (χ3n) is 2.06. The van der Waals surface area contributed by atoms with E-state index in [2.05, 4.69) is 13.8 Å². The van der Waals surface area contributed by atoms with Crippen LogP contribution in [0.25, 0.3) is 0 Å². The van der Waals surface area contributed by atoms with Gasteiger partial charge in [-0.2, -0.15) is 0 Å². The third kappa shape index (κ3) is 5.81. The molecule has 58 valence electrons. The summed E-state index contributed by atoms with van der Waals surface area (Å²) < 4.78 is 1.35. The van der Waals surface area contributed by atoms with Crippen LogP contribution in [0, 0.1) is 5.92 Å². The first-order chi connectivity index (χ1) is 4.85. The summed E-state index contributed by atoms with van der Waals surface area (Å²) in [6.07, 6.45) is 5.47. The van der Waals surface area contributed by atoms with Crippen LogP contribution in [0.3, 0.4) is 0 Å². The molecule has 0 rings (SSSR count). The maximum absolute atomic E-state index is 5.79. The summed E-state index contributed by atoms with van der Waals surface area (Å²) in [5, 5.41) is 0. The van der Waals surface area contributed by atoms with Gasteiger partial charge in [0.1, 0.15) is 0 Å². The first-order valence-electron chi connectivity index (χ1n) is 4.41. The molecule has 0 aromatic heterocycles. The van der Waals surface area contributed by atoms with Crippen molar-refractivity contribution in [3.8, 4) is 0 Å². The van der Waals surface area contributed by atoms with Crippen LogP contribution in [-0.4, -0.2) is 19.3 Å². The molecule has 1 atom stereocenters. The van der Waals surface area contributed by atoms with Crippen molar-refractivity contribution < 1.29 is 0 Å². The molecule has 0 aromatic carbocycles. The van der Waals surface area contributed by atoms with Crippen LogP contribution in [0.2, 0.25) is 4.55 Å². The lowest BCUT2D eigenvalue weighted by molar-refractivity contribution is 0.491. The molecule has 0 fully saturated rings. The van der Waals surface area contributed by atoms with Crippen LogP contribution in [0.4, 0.5) is 0 Å². The topological polar surface area (TPSA) is 0 Å². The van der Waals surface area contributed by atoms with E-state index in [1.54, 1.807) is 0 Å². The lowest BCUT2D eigenvalue weighted by atomic mass is 10.0. The van der Waals surface area contributed by atoms with Crippen molar-refractivity contribution in [3.63, 3.8) is 0 Å². The Morgan fingerprint density at radius 2 is 2.10 bits per heavy atom. The third-order valence-corrected chi connectivity index (χ3v) is 3.75. The van der Waals surface area contributed by atoms with Crippen LogP contribution in [-0.2, 0) is 0 Å². The minimum absolute atomic E-state index is 0.200. The lowest BCUT2D eigenvalue weighted by Gasteiger charge is -2.11. The SMILES string of the molecule is CCCCC(CC)[CH2][Mg][Cl]. The molecule has 0 aliphatic carbocycles. The fraction of sp³-hybridized carbons (Fsp3) is 1.00. The van der Waals surface area contributed by atoms with E-state index in [0.717, 1.165) is 5.92 Å². The van der Waals surface area contributed by atoms with Crippen molar-refractivity contribution >= 4 is 28.3 Å². The zero-order valence-electron chi connectivity index (χ0n) is 7.20. The van der Waals surface area contributed by atoms with Gasteiger partial charge in [-0.3, -0.25) is 0 Å². The van der Waals surface area contributed by atoms with Gasteiger partial charge in [0.05, 0.1) is 0 Å². The van der Waals surface area contributed by atoms with Gasteiger partial charge < -0.3 is 9.07 Å². The number of rotatable bonds is 6. The molecule has 0 aromatic rings. The van der Waals surface area contributed by atoms with Crippen molar-refractivity contribution in [2.24, 2.45) is 5.92 Å². The highest BCUT2D eigenvalue weighted by Gasteiger charge is 2.05. The van der Waals surface area contributed by atoms with Gasteiger partial charge in [0.2, 0.25) is 0 Å². The van der Waals surface area contributed by atoms with Gasteiger partial charge in [-0.15, -0.1) is 4.55 Å². The van der Waals surface area contributed by atoms with E-state index in [-0.39, 0.29) is 19.3 Å². The van der Waals surface area contributed by atoms with Crippen molar-refractivity contribution in [2.45, 2.75) is 44.1 Å². The van der Waals surface area contributed by atoms with Crippen molar-refractivity contribution in [1.29, 1.82) is 0 Å². The number of hydrogen-bond acceptors (Lipinski definition) is 0. The molecule has 0 aliphatic rings. The van der Waals surface area contributed by atoms with Gasteiger partial charge >= 0.3 is 19.3 Å². The summed E-state index contributed by atoms with van der Waals surface area (Å²) in [5.74, 6) is 0.948. The normalized spacial score (nSPS) is 12.7. The molecule has 0 saturated heterocycles. The number of halogens is 1. The Balaban J connectivity index is 3.21. The number of unbranched alkanes of at least 4 members (excludes halogenated alkanes) is 1. The first kappa shape index (κ1) is 11.1. The summed E-state index contributed by atoms with van der Waals surface area (Å²) in [6.45, 7) is 4.53. The van der Waals surface area contributed by atoms with Gasteiger partial charge in [0.15, 0.2) is 0 Å². The van der Waals surface area contributed by atoms with Crippen LogP contribution in [0.1, 0.15) is 39.5 Å². The average molecular weight is 173 g/mol. The molecule has 0 saturated carbocycles. The molecule has 0 heterocycles. The molecule has 0 amide bonds. The predicted molar refractivity (Wildman–Crippen MR) is 49.7 cm³/mol. The molecule has 0 N–H and O–H groups in total. The van der Waals surface area contributed by atoms with E-state index in [0.29, 0.717) is 0 Å². The highest BCUT2D eigenvalue weighted by atomic mass is 35.5. The Morgan fingerprint density at radius 1 is 1.40 bits per heavy atom. The van der Waals surface area contributed by atoms with Crippen molar-refractivity contribution in [1.82, 2.24) is 0 Å². The molecule has 10 heavy (non-hydrogen) atoms. The Bertz CT molecular complexity index is 66.3. The zero-order valence-corrected chi connectivity index (χ0v) is 9.37. The minimum Gasteiger partial charge on any atom is -0.346 e. The van der Waals surface area contributed by atoms with Crippen LogP contribution >= 0.6 is 9.07 Å². The predicted octanol–water partition coefficient (Wildman–Crippen LogP) is 3.48. The maximum atomic E-state index is 5.79. The van der Waals surface area contributed by atoms with Crippen LogP contribution in [0.15, 0.2) is 0 Å². The van der Waals surface area contributed by atoms with Gasteiger partial charge in [-0.05, 0) is 0 Å². The fourth-order valence-corrected chi connectivity index (χ4v) is 3.13. The summed E-state index contributed by atoms with van der Waals surface area (Å²) in [4.78, 5) is 0. The van der Waals surface area contributed by atoms with Crippen LogP contribution < -0.4 is 0 Å². The molecule has 0 spiro atoms. The second-order valence-corrected chi connectivity index (χ2v) is 4.98. The molecule has 0 aliphatic heterocycles. The Morgan fingerprint density at radius 3 is 2.50 bits per heavy atom. The Kier molecular flexibility index (Phi) is 9.02. The smallest absolute Gasteiger partial charge is 0.346 e. The number of hydrogen-bond donors (Lipinski definition) is 0. The highest BCUT2D eigenvalue weighted by Crippen LogP contribution is 2.16. The molecule has 2 heteroatoms. The second-order valence-electron chi connectivity index (χ2n) is 2.89. The standard InChI is InChI=1S/C8H17.ClH.Mg/c1-4-6-7-8(3)5-2;;/h8H,3-7H2,1-2H3;1H;/q;;+1/p-1. The molecule has 0 bridgehead atoms. The second kappa shape index (κ2) is 8.16. The molecular formula is C8H17ClMg. The van der Waals surface area contributed by atoms with Crippen molar-refractivity contribution in [2.75, 3.05) is 0 Å². The summed E-state index contributed by atoms with van der Waals surface area (Å²) in [5.41, 5.74) is 0. The van der Waals surface area contributed by atoms with Crippen molar-refractivity contribution in [3.05, 3.63) is 0 Å². The fourth-order valence-electron chi connectivity index (χ4n) is 1.20. The van der Waals surface area contributed by atoms with Crippen LogP contribution in [0.5, 0.6) is 0 Å². The molecule has 0 nitrogen and oxygen atoms in total. The van der Waals surface area contributed by atoms with Gasteiger partial charge in [0, 0.05) is 0 Å². The summed E-state index contributed by atoms with van der Waals surface area (Å²) in [6, 6.07) is 0. The molecular weight excluding hydrogens is 156 g/mol. The van der Waals surface area contributed by atoms with E-state index < -0.39 is 0 Å². The van der Waals surface area contributed by atoms with E-state index in [9.17, 15) is 0 Å². The zero-order chi connectivity index (χ0) is 7.82. The average Bonchev–Trinajstić information content (AvgIpc) is 1.98. The Hall–Kier alpha value is 1.06. The molecule has 0 radical (unpaired) electrons. The molecule has 1 unspecified atom stereocenters. The van der Waals surface area contributed by atoms with Gasteiger partial charge in [0.25, 0.3) is 0 Å². The van der Waals surface area contributed by atoms with E-state index in [1.165, 1.54) is 30.2 Å². The quantitative estimate of drug-likeness (QED) is 0.539. The summed E-state index contributed by atoms with van der Waals surface area (Å²) >= 11 is -0.200. The lowest BCUT2D eigenvalue weighted by Crippen LogP contribution is -1.99.